The van der Waals surface area contributed by atoms with Gasteiger partial charge in [0.15, 0.2) is 0 Å². The molecule has 1 aliphatic carbocycles. The highest BCUT2D eigenvalue weighted by Gasteiger charge is 2.39. The lowest BCUT2D eigenvalue weighted by Crippen LogP contribution is -2.35. The molecule has 1 N–H and O–H groups in total. The van der Waals surface area contributed by atoms with Crippen LogP contribution in [0.3, 0.4) is 0 Å². The maximum absolute atomic E-state index is 10.7. The molecule has 2 aliphatic rings. The van der Waals surface area contributed by atoms with Crippen LogP contribution in [0.15, 0.2) is 36.7 Å². The molecule has 2 atom stereocenters. The summed E-state index contributed by atoms with van der Waals surface area (Å²) in [6, 6.07) is 7.02. The summed E-state index contributed by atoms with van der Waals surface area (Å²) >= 11 is 5.86. The molecule has 0 bridgehead atoms. The first-order valence-corrected chi connectivity index (χ1v) is 11.5. The van der Waals surface area contributed by atoms with Gasteiger partial charge in [-0.2, -0.15) is 0 Å². The Labute approximate surface area is 177 Å². The molecule has 2 fully saturated rings. The van der Waals surface area contributed by atoms with Crippen molar-refractivity contribution in [3.63, 3.8) is 0 Å². The van der Waals surface area contributed by atoms with Crippen molar-refractivity contribution in [3.05, 3.63) is 41.7 Å². The predicted octanol–water partition coefficient (Wildman–Crippen LogP) is 3.39. The Morgan fingerprint density at radius 3 is 2.45 bits per heavy atom. The van der Waals surface area contributed by atoms with Crippen LogP contribution in [0, 0.1) is 17.8 Å². The van der Waals surface area contributed by atoms with E-state index in [0.717, 1.165) is 43.2 Å². The second-order valence-electron chi connectivity index (χ2n) is 7.83. The van der Waals surface area contributed by atoms with Crippen LogP contribution in [0.5, 0.6) is 5.75 Å². The van der Waals surface area contributed by atoms with Gasteiger partial charge in [-0.05, 0) is 67.7 Å². The molecule has 7 nitrogen and oxygen atoms in total. The van der Waals surface area contributed by atoms with Gasteiger partial charge in [0, 0.05) is 18.8 Å². The molecule has 1 aromatic heterocycles. The standard InChI is InChI=1S/C20H25ClN4O3S/c21-17-11-22-20(23-12-17)25-7-5-14(6-8-25)9-15-10-16(15)13-28-19-3-1-18(2-4-19)24-29(26)27/h1-4,11-12,14-16,29H,5-10,13H2,(H,24,26,27)/t15-,16+/m0/s1. The SMILES string of the molecule is O=[SH](=O)Nc1ccc(OC[C@H]2C[C@@H]2CC2CCN(c3ncc(Cl)cn3)CC2)cc1. The minimum atomic E-state index is -2.63. The Hall–Kier alpha value is -2.06. The van der Waals surface area contributed by atoms with Crippen molar-refractivity contribution in [2.24, 2.45) is 17.8 Å². The third-order valence-electron chi connectivity index (χ3n) is 5.75. The zero-order chi connectivity index (χ0) is 20.2. The van der Waals surface area contributed by atoms with E-state index in [4.69, 9.17) is 16.3 Å². The van der Waals surface area contributed by atoms with E-state index < -0.39 is 10.9 Å². The Morgan fingerprint density at radius 1 is 1.10 bits per heavy atom. The van der Waals surface area contributed by atoms with Gasteiger partial charge in [0.1, 0.15) is 5.75 Å². The first kappa shape index (κ1) is 20.2. The van der Waals surface area contributed by atoms with Gasteiger partial charge >= 0.3 is 0 Å². The lowest BCUT2D eigenvalue weighted by molar-refractivity contribution is 0.279. The van der Waals surface area contributed by atoms with Gasteiger partial charge < -0.3 is 9.64 Å². The van der Waals surface area contributed by atoms with E-state index in [1.807, 2.05) is 0 Å². The summed E-state index contributed by atoms with van der Waals surface area (Å²) < 4.78 is 29.6. The van der Waals surface area contributed by atoms with Gasteiger partial charge in [0.05, 0.1) is 24.0 Å². The van der Waals surface area contributed by atoms with Crippen molar-refractivity contribution in [3.8, 4) is 5.75 Å². The van der Waals surface area contributed by atoms with Crippen molar-refractivity contribution in [1.29, 1.82) is 0 Å². The molecule has 4 rings (SSSR count). The largest absolute Gasteiger partial charge is 0.493 e. The summed E-state index contributed by atoms with van der Waals surface area (Å²) in [5.41, 5.74) is 0.549. The average molecular weight is 437 g/mol. The van der Waals surface area contributed by atoms with E-state index >= 15 is 0 Å². The number of benzene rings is 1. The van der Waals surface area contributed by atoms with E-state index in [1.54, 1.807) is 36.7 Å². The van der Waals surface area contributed by atoms with Crippen molar-refractivity contribution in [2.45, 2.75) is 25.7 Å². The Kier molecular flexibility index (Phi) is 6.40. The Bertz CT molecular complexity index is 876. The first-order chi connectivity index (χ1) is 14.1. The van der Waals surface area contributed by atoms with Crippen LogP contribution in [0.2, 0.25) is 5.02 Å². The molecular formula is C20H25ClN4O3S. The normalized spacial score (nSPS) is 21.9. The van der Waals surface area contributed by atoms with Gasteiger partial charge in [-0.1, -0.05) is 11.6 Å². The maximum atomic E-state index is 10.7. The molecule has 2 heterocycles. The van der Waals surface area contributed by atoms with E-state index in [-0.39, 0.29) is 0 Å². The molecule has 29 heavy (non-hydrogen) atoms. The number of thiol groups is 1. The maximum Gasteiger partial charge on any atom is 0.225 e. The molecule has 1 aromatic carbocycles. The third kappa shape index (κ3) is 5.73. The van der Waals surface area contributed by atoms with Crippen LogP contribution in [-0.2, 0) is 10.9 Å². The molecule has 1 saturated heterocycles. The van der Waals surface area contributed by atoms with Crippen LogP contribution in [-0.4, -0.2) is 38.1 Å². The lowest BCUT2D eigenvalue weighted by atomic mass is 9.91. The highest BCUT2D eigenvalue weighted by atomic mass is 35.5. The highest BCUT2D eigenvalue weighted by molar-refractivity contribution is 7.73. The number of piperidine rings is 1. The Morgan fingerprint density at radius 2 is 1.79 bits per heavy atom. The van der Waals surface area contributed by atoms with Crippen molar-refractivity contribution < 1.29 is 13.2 Å². The minimum Gasteiger partial charge on any atom is -0.493 e. The fourth-order valence-corrected chi connectivity index (χ4v) is 4.46. The quantitative estimate of drug-likeness (QED) is 0.617. The second kappa shape index (κ2) is 9.17. The molecule has 0 amide bonds. The van der Waals surface area contributed by atoms with E-state index in [1.165, 1.54) is 25.7 Å². The van der Waals surface area contributed by atoms with E-state index in [9.17, 15) is 8.42 Å². The second-order valence-corrected chi connectivity index (χ2v) is 9.00. The number of aromatic nitrogens is 2. The van der Waals surface area contributed by atoms with Crippen LogP contribution in [0.25, 0.3) is 0 Å². The molecule has 0 radical (unpaired) electrons. The number of halogens is 1. The number of nitrogens with zero attached hydrogens (tertiary/aromatic N) is 3. The molecular weight excluding hydrogens is 412 g/mol. The summed E-state index contributed by atoms with van der Waals surface area (Å²) in [5.74, 6) is 3.69. The lowest BCUT2D eigenvalue weighted by Gasteiger charge is -2.32. The number of rotatable bonds is 8. The summed E-state index contributed by atoms with van der Waals surface area (Å²) in [4.78, 5) is 10.9. The van der Waals surface area contributed by atoms with Crippen molar-refractivity contribution >= 4 is 34.1 Å². The van der Waals surface area contributed by atoms with Crippen molar-refractivity contribution in [2.75, 3.05) is 29.3 Å². The molecule has 156 valence electrons. The molecule has 0 unspecified atom stereocenters. The summed E-state index contributed by atoms with van der Waals surface area (Å²) in [7, 11) is -2.63. The Balaban J connectivity index is 1.16. The molecule has 2 aromatic rings. The number of ether oxygens (including phenoxy) is 1. The highest BCUT2D eigenvalue weighted by Crippen LogP contribution is 2.45. The fourth-order valence-electron chi connectivity index (χ4n) is 4.00. The zero-order valence-corrected chi connectivity index (χ0v) is 17.7. The topological polar surface area (TPSA) is 84.4 Å². The fraction of sp³-hybridized carbons (Fsp3) is 0.500. The van der Waals surface area contributed by atoms with Gasteiger partial charge in [-0.15, -0.1) is 0 Å². The van der Waals surface area contributed by atoms with Gasteiger partial charge in [-0.3, -0.25) is 4.72 Å². The van der Waals surface area contributed by atoms with Gasteiger partial charge in [-0.25, -0.2) is 18.4 Å². The number of hydrogen-bond acceptors (Lipinski definition) is 6. The molecule has 0 spiro atoms. The third-order valence-corrected chi connectivity index (χ3v) is 6.38. The summed E-state index contributed by atoms with van der Waals surface area (Å²) in [5, 5.41) is 0.567. The number of anilines is 2. The monoisotopic (exact) mass is 436 g/mol. The van der Waals surface area contributed by atoms with Crippen LogP contribution >= 0.6 is 11.6 Å². The molecule has 9 heteroatoms. The average Bonchev–Trinajstić information content (AvgIpc) is 3.46. The molecule has 1 aliphatic heterocycles. The summed E-state index contributed by atoms with van der Waals surface area (Å²) in [6.45, 7) is 2.72. The summed E-state index contributed by atoms with van der Waals surface area (Å²) in [6.07, 6.45) is 8.15. The van der Waals surface area contributed by atoms with Crippen LogP contribution < -0.4 is 14.4 Å². The predicted molar refractivity (Wildman–Crippen MR) is 114 cm³/mol. The first-order valence-electron chi connectivity index (χ1n) is 9.93. The van der Waals surface area contributed by atoms with Crippen LogP contribution in [0.4, 0.5) is 11.6 Å². The number of hydrogen-bond donors (Lipinski definition) is 2. The van der Waals surface area contributed by atoms with Gasteiger partial charge in [0.2, 0.25) is 16.8 Å². The minimum absolute atomic E-state index is 0.549. The van der Waals surface area contributed by atoms with E-state index in [2.05, 4.69) is 19.6 Å². The van der Waals surface area contributed by atoms with Gasteiger partial charge in [0.25, 0.3) is 0 Å². The van der Waals surface area contributed by atoms with E-state index in [0.29, 0.717) is 16.6 Å². The smallest absolute Gasteiger partial charge is 0.225 e. The number of nitrogens with one attached hydrogen (secondary N) is 1. The van der Waals surface area contributed by atoms with Crippen molar-refractivity contribution in [1.82, 2.24) is 9.97 Å². The molecule has 1 saturated carbocycles. The zero-order valence-electron chi connectivity index (χ0n) is 16.0. The van der Waals surface area contributed by atoms with Crippen LogP contribution in [0.1, 0.15) is 25.7 Å².